The van der Waals surface area contributed by atoms with Gasteiger partial charge in [0, 0.05) is 16.8 Å². The fourth-order valence-electron chi connectivity index (χ4n) is 2.64. The van der Waals surface area contributed by atoms with Crippen molar-refractivity contribution < 1.29 is 4.79 Å². The molecule has 0 aliphatic heterocycles. The molecule has 0 heterocycles. The lowest BCUT2D eigenvalue weighted by atomic mass is 9.95. The largest absolute Gasteiger partial charge is 0.298 e. The van der Waals surface area contributed by atoms with Crippen LogP contribution in [0.5, 0.6) is 0 Å². The molecule has 0 radical (unpaired) electrons. The molecule has 3 aromatic rings. The summed E-state index contributed by atoms with van der Waals surface area (Å²) in [5.41, 5.74) is 1.48. The fraction of sp³-hybridized carbons (Fsp3) is 0.118. The van der Waals surface area contributed by atoms with Crippen LogP contribution in [0.4, 0.5) is 0 Å². The second-order valence-electron chi connectivity index (χ2n) is 4.70. The quantitative estimate of drug-likeness (QED) is 0.367. The summed E-state index contributed by atoms with van der Waals surface area (Å²) < 4.78 is 0. The number of carbonyl (C=O) groups is 1. The molecule has 0 spiro atoms. The lowest BCUT2D eigenvalue weighted by Crippen LogP contribution is -1.95. The highest BCUT2D eigenvalue weighted by atomic mass is 35.5. The smallest absolute Gasteiger partial charge is 0.152 e. The van der Waals surface area contributed by atoms with E-state index in [-0.39, 0.29) is 0 Å². The Kier molecular flexibility index (Phi) is 3.64. The van der Waals surface area contributed by atoms with Gasteiger partial charge in [0.05, 0.1) is 5.02 Å². The van der Waals surface area contributed by atoms with Gasteiger partial charge in [-0.1, -0.05) is 48.0 Å². The molecule has 3 rings (SSSR count). The van der Waals surface area contributed by atoms with Gasteiger partial charge in [0.15, 0.2) is 6.29 Å². The number of aldehydes is 1. The number of halogens is 2. The van der Waals surface area contributed by atoms with Crippen molar-refractivity contribution in [2.75, 3.05) is 5.88 Å². The topological polar surface area (TPSA) is 17.1 Å². The van der Waals surface area contributed by atoms with Gasteiger partial charge in [0.2, 0.25) is 0 Å². The molecule has 20 heavy (non-hydrogen) atoms. The summed E-state index contributed by atoms with van der Waals surface area (Å²) in [6.45, 7) is 0. The number of carbonyl (C=O) groups excluding carboxylic acids is 1. The Morgan fingerprint density at radius 3 is 2.55 bits per heavy atom. The van der Waals surface area contributed by atoms with Gasteiger partial charge in [0.1, 0.15) is 0 Å². The highest BCUT2D eigenvalue weighted by Crippen LogP contribution is 2.34. The molecule has 100 valence electrons. The fourth-order valence-corrected chi connectivity index (χ4v) is 3.13. The van der Waals surface area contributed by atoms with Crippen molar-refractivity contribution in [3.63, 3.8) is 0 Å². The first kappa shape index (κ1) is 13.4. The van der Waals surface area contributed by atoms with Gasteiger partial charge in [0.25, 0.3) is 0 Å². The monoisotopic (exact) mass is 302 g/mol. The molecule has 3 aromatic carbocycles. The molecule has 0 saturated carbocycles. The van der Waals surface area contributed by atoms with Crippen LogP contribution in [-0.2, 0) is 6.42 Å². The van der Waals surface area contributed by atoms with E-state index in [1.807, 2.05) is 36.4 Å². The van der Waals surface area contributed by atoms with E-state index in [2.05, 4.69) is 6.07 Å². The van der Waals surface area contributed by atoms with Crippen LogP contribution >= 0.6 is 23.2 Å². The molecule has 0 N–H and O–H groups in total. The lowest BCUT2D eigenvalue weighted by molar-refractivity contribution is 0.112. The summed E-state index contributed by atoms with van der Waals surface area (Å²) in [6, 6.07) is 14.1. The highest BCUT2D eigenvalue weighted by molar-refractivity contribution is 6.36. The van der Waals surface area contributed by atoms with Crippen LogP contribution < -0.4 is 0 Å². The summed E-state index contributed by atoms with van der Waals surface area (Å²) in [5, 5.41) is 4.61. The van der Waals surface area contributed by atoms with Crippen molar-refractivity contribution in [3.8, 4) is 0 Å². The molecule has 0 aromatic heterocycles. The third kappa shape index (κ3) is 2.07. The minimum atomic E-state index is 0.483. The zero-order valence-electron chi connectivity index (χ0n) is 10.7. The lowest BCUT2D eigenvalue weighted by Gasteiger charge is -2.11. The Morgan fingerprint density at radius 1 is 1.05 bits per heavy atom. The van der Waals surface area contributed by atoms with Crippen molar-refractivity contribution >= 4 is 51.0 Å². The van der Waals surface area contributed by atoms with Gasteiger partial charge >= 0.3 is 0 Å². The number of aryl methyl sites for hydroxylation is 1. The Bertz CT molecular complexity index is 809. The normalized spacial score (nSPS) is 11.1. The third-order valence-electron chi connectivity index (χ3n) is 3.56. The number of benzene rings is 3. The van der Waals surface area contributed by atoms with Crippen molar-refractivity contribution in [2.24, 2.45) is 0 Å². The number of rotatable bonds is 3. The van der Waals surface area contributed by atoms with Gasteiger partial charge in [-0.05, 0) is 34.2 Å². The maximum atomic E-state index is 11.5. The second kappa shape index (κ2) is 5.43. The highest BCUT2D eigenvalue weighted by Gasteiger charge is 2.13. The van der Waals surface area contributed by atoms with Crippen LogP contribution in [0.3, 0.4) is 0 Å². The third-order valence-corrected chi connectivity index (χ3v) is 4.20. The molecular weight excluding hydrogens is 291 g/mol. The van der Waals surface area contributed by atoms with Crippen molar-refractivity contribution in [3.05, 3.63) is 58.6 Å². The van der Waals surface area contributed by atoms with E-state index < -0.39 is 0 Å². The van der Waals surface area contributed by atoms with Gasteiger partial charge in [-0.3, -0.25) is 4.79 Å². The average Bonchev–Trinajstić information content (AvgIpc) is 2.48. The van der Waals surface area contributed by atoms with Gasteiger partial charge in [-0.25, -0.2) is 0 Å². The van der Waals surface area contributed by atoms with E-state index in [1.165, 1.54) is 0 Å². The van der Waals surface area contributed by atoms with Crippen LogP contribution in [0.25, 0.3) is 21.5 Å². The summed E-state index contributed by atoms with van der Waals surface area (Å²) in [6.07, 6.45) is 1.50. The predicted molar refractivity (Wildman–Crippen MR) is 86.3 cm³/mol. The Labute approximate surface area is 127 Å². The zero-order valence-corrected chi connectivity index (χ0v) is 12.2. The van der Waals surface area contributed by atoms with Crippen molar-refractivity contribution in [1.29, 1.82) is 0 Å². The molecule has 1 nitrogen and oxygen atoms in total. The number of alkyl halides is 1. The standard InChI is InChI=1S/C17H12Cl2O/c18-8-7-13-9-12-6-5-11-3-1-2-4-14(11)16(12)15(10-20)17(13)19/h1-6,9-10H,7-8H2. The van der Waals surface area contributed by atoms with Crippen LogP contribution in [-0.4, -0.2) is 12.2 Å². The molecule has 0 amide bonds. The first-order chi connectivity index (χ1) is 9.76. The minimum Gasteiger partial charge on any atom is -0.298 e. The predicted octanol–water partition coefficient (Wildman–Crippen LogP) is 5.24. The molecule has 3 heteroatoms. The average molecular weight is 303 g/mol. The van der Waals surface area contributed by atoms with E-state index in [1.54, 1.807) is 0 Å². The van der Waals surface area contributed by atoms with E-state index >= 15 is 0 Å². The summed E-state index contributed by atoms with van der Waals surface area (Å²) in [5.74, 6) is 0.483. The van der Waals surface area contributed by atoms with Crippen molar-refractivity contribution in [1.82, 2.24) is 0 Å². The van der Waals surface area contributed by atoms with E-state index in [0.717, 1.165) is 33.4 Å². The van der Waals surface area contributed by atoms with Crippen LogP contribution in [0.15, 0.2) is 42.5 Å². The summed E-state index contributed by atoms with van der Waals surface area (Å²) in [4.78, 5) is 11.5. The summed E-state index contributed by atoms with van der Waals surface area (Å²) >= 11 is 12.2. The maximum absolute atomic E-state index is 11.5. The van der Waals surface area contributed by atoms with Gasteiger partial charge in [-0.2, -0.15) is 0 Å². The Balaban J connectivity index is 2.48. The number of hydrogen-bond donors (Lipinski definition) is 0. The van der Waals surface area contributed by atoms with Gasteiger partial charge in [-0.15, -0.1) is 11.6 Å². The maximum Gasteiger partial charge on any atom is 0.152 e. The van der Waals surface area contributed by atoms with E-state index in [0.29, 0.717) is 22.9 Å². The van der Waals surface area contributed by atoms with E-state index in [4.69, 9.17) is 23.2 Å². The molecular formula is C17H12Cl2O. The molecule has 0 aliphatic rings. The van der Waals surface area contributed by atoms with Crippen LogP contribution in [0.1, 0.15) is 15.9 Å². The van der Waals surface area contributed by atoms with E-state index in [9.17, 15) is 4.79 Å². The molecule has 0 bridgehead atoms. The Morgan fingerprint density at radius 2 is 1.80 bits per heavy atom. The molecule has 0 fully saturated rings. The van der Waals surface area contributed by atoms with Crippen LogP contribution in [0, 0.1) is 0 Å². The SMILES string of the molecule is O=Cc1c(Cl)c(CCCl)cc2ccc3ccccc3c12. The molecule has 0 aliphatic carbocycles. The molecule has 0 atom stereocenters. The molecule has 0 saturated heterocycles. The summed E-state index contributed by atoms with van der Waals surface area (Å²) in [7, 11) is 0. The Hall–Kier alpha value is -1.57. The number of hydrogen-bond acceptors (Lipinski definition) is 1. The first-order valence-electron chi connectivity index (χ1n) is 6.40. The minimum absolute atomic E-state index is 0.483. The molecule has 0 unspecified atom stereocenters. The van der Waals surface area contributed by atoms with Gasteiger partial charge < -0.3 is 0 Å². The second-order valence-corrected chi connectivity index (χ2v) is 5.46. The van der Waals surface area contributed by atoms with Crippen molar-refractivity contribution in [2.45, 2.75) is 6.42 Å². The number of fused-ring (bicyclic) bond motifs is 3. The zero-order chi connectivity index (χ0) is 14.1. The first-order valence-corrected chi connectivity index (χ1v) is 7.31. The van der Waals surface area contributed by atoms with Crippen LogP contribution in [0.2, 0.25) is 5.02 Å².